The monoisotopic (exact) mass is 445 g/mol. The highest BCUT2D eigenvalue weighted by Gasteiger charge is 2.32. The third-order valence-electron chi connectivity index (χ3n) is 5.65. The molecule has 0 saturated carbocycles. The van der Waals surface area contributed by atoms with Crippen LogP contribution in [0.25, 0.3) is 11.1 Å². The highest BCUT2D eigenvalue weighted by Crippen LogP contribution is 2.39. The number of halogens is 5. The van der Waals surface area contributed by atoms with E-state index in [-0.39, 0.29) is 23.3 Å². The summed E-state index contributed by atoms with van der Waals surface area (Å²) < 4.78 is 69.3. The van der Waals surface area contributed by atoms with Crippen LogP contribution in [0, 0.1) is 17.6 Å². The first-order valence-electron chi connectivity index (χ1n) is 10.2. The maximum atomic E-state index is 14.2. The van der Waals surface area contributed by atoms with Crippen LogP contribution in [0.2, 0.25) is 0 Å². The fourth-order valence-corrected chi connectivity index (χ4v) is 4.06. The molecule has 7 heteroatoms. The van der Waals surface area contributed by atoms with Gasteiger partial charge in [-0.1, -0.05) is 55.8 Å². The minimum Gasteiger partial charge on any atom is -0.406 e. The predicted octanol–water partition coefficient (Wildman–Crippen LogP) is 7.49. The summed E-state index contributed by atoms with van der Waals surface area (Å²) in [6.45, 7) is 2.02. The lowest BCUT2D eigenvalue weighted by Gasteiger charge is -2.17. The number of rotatable bonds is 5. The smallest absolute Gasteiger partial charge is 0.406 e. The molecular formula is C25H20F5NO. The van der Waals surface area contributed by atoms with Gasteiger partial charge in [-0.05, 0) is 53.3 Å². The zero-order chi connectivity index (χ0) is 22.9. The van der Waals surface area contributed by atoms with Gasteiger partial charge in [-0.25, -0.2) is 8.78 Å². The number of alkyl halides is 3. The molecule has 3 aromatic rings. The van der Waals surface area contributed by atoms with Crippen molar-refractivity contribution in [3.05, 3.63) is 89.5 Å². The van der Waals surface area contributed by atoms with Crippen molar-refractivity contribution in [1.82, 2.24) is 0 Å². The van der Waals surface area contributed by atoms with Gasteiger partial charge < -0.3 is 4.74 Å². The van der Waals surface area contributed by atoms with Crippen LogP contribution < -0.4 is 4.74 Å². The van der Waals surface area contributed by atoms with E-state index in [4.69, 9.17) is 0 Å². The summed E-state index contributed by atoms with van der Waals surface area (Å²) in [5, 5.41) is 0. The van der Waals surface area contributed by atoms with Gasteiger partial charge in [0.15, 0.2) is 0 Å². The molecule has 2 atom stereocenters. The first-order chi connectivity index (χ1) is 15.2. The molecule has 1 aliphatic heterocycles. The van der Waals surface area contributed by atoms with Gasteiger partial charge in [-0.3, -0.25) is 4.99 Å². The van der Waals surface area contributed by atoms with Gasteiger partial charge in [0.2, 0.25) is 0 Å². The van der Waals surface area contributed by atoms with Crippen LogP contribution in [0.15, 0.2) is 71.7 Å². The van der Waals surface area contributed by atoms with Crippen molar-refractivity contribution in [1.29, 1.82) is 0 Å². The molecule has 3 aromatic carbocycles. The molecule has 0 fully saturated rings. The third-order valence-corrected chi connectivity index (χ3v) is 5.65. The molecule has 2 unspecified atom stereocenters. The average Bonchev–Trinajstić information content (AvgIpc) is 3.17. The fraction of sp³-hybridized carbons (Fsp3) is 0.240. The van der Waals surface area contributed by atoms with Crippen LogP contribution in [0.5, 0.6) is 5.75 Å². The zero-order valence-electron chi connectivity index (χ0n) is 17.2. The van der Waals surface area contributed by atoms with E-state index >= 15 is 0 Å². The van der Waals surface area contributed by atoms with Crippen LogP contribution in [0.3, 0.4) is 0 Å². The largest absolute Gasteiger partial charge is 0.573 e. The summed E-state index contributed by atoms with van der Waals surface area (Å²) in [5.41, 5.74) is 2.85. The van der Waals surface area contributed by atoms with Gasteiger partial charge in [0.25, 0.3) is 0 Å². The highest BCUT2D eigenvalue weighted by atomic mass is 19.4. The van der Waals surface area contributed by atoms with Gasteiger partial charge in [0.05, 0.1) is 11.6 Å². The summed E-state index contributed by atoms with van der Waals surface area (Å²) in [6.07, 6.45) is -3.44. The Bertz CT molecular complexity index is 1100. The van der Waals surface area contributed by atoms with E-state index < -0.39 is 18.0 Å². The summed E-state index contributed by atoms with van der Waals surface area (Å²) in [4.78, 5) is 4.66. The molecule has 2 nitrogen and oxygen atoms in total. The van der Waals surface area contributed by atoms with E-state index in [1.807, 2.05) is 31.2 Å². The Labute approximate surface area is 182 Å². The third kappa shape index (κ3) is 4.66. The lowest BCUT2D eigenvalue weighted by molar-refractivity contribution is -0.274. The van der Waals surface area contributed by atoms with E-state index in [2.05, 4.69) is 9.73 Å². The molecule has 32 heavy (non-hydrogen) atoms. The maximum absolute atomic E-state index is 14.2. The molecule has 0 bridgehead atoms. The number of hydrogen-bond acceptors (Lipinski definition) is 2. The Morgan fingerprint density at radius 3 is 1.97 bits per heavy atom. The van der Waals surface area contributed by atoms with Crippen LogP contribution >= 0.6 is 0 Å². The minimum absolute atomic E-state index is 0.0637. The quantitative estimate of drug-likeness (QED) is 0.373. The van der Waals surface area contributed by atoms with E-state index in [1.165, 1.54) is 30.3 Å². The second-order valence-corrected chi connectivity index (χ2v) is 7.68. The molecular weight excluding hydrogens is 425 g/mol. The Balaban J connectivity index is 1.57. The Morgan fingerprint density at radius 2 is 1.44 bits per heavy atom. The standard InChI is InChI=1S/C25H20F5NO/c1-2-15-14-22(23-20(26)4-3-5-21(23)27)31-24(15)18-8-6-16(7-9-18)17-10-12-19(13-11-17)32-25(28,29)30/h3-13,15,24H,2,14H2,1H3. The van der Waals surface area contributed by atoms with Crippen molar-refractivity contribution in [2.45, 2.75) is 32.2 Å². The molecule has 0 amide bonds. The van der Waals surface area contributed by atoms with E-state index in [0.29, 0.717) is 12.1 Å². The second kappa shape index (κ2) is 8.73. The first kappa shape index (κ1) is 22.0. The SMILES string of the molecule is CCC1CC(c2c(F)cccc2F)=NC1c1ccc(-c2ccc(OC(F)(F)F)cc2)cc1. The van der Waals surface area contributed by atoms with Gasteiger partial charge in [0.1, 0.15) is 17.4 Å². The molecule has 0 spiro atoms. The van der Waals surface area contributed by atoms with Crippen LogP contribution in [0.4, 0.5) is 22.0 Å². The Hall–Kier alpha value is -3.22. The molecule has 1 heterocycles. The highest BCUT2D eigenvalue weighted by molar-refractivity contribution is 6.02. The van der Waals surface area contributed by atoms with E-state index in [9.17, 15) is 22.0 Å². The molecule has 4 rings (SSSR count). The number of aliphatic imine (C=N–C) groups is 1. The summed E-state index contributed by atoms with van der Waals surface area (Å²) in [7, 11) is 0. The van der Waals surface area contributed by atoms with Gasteiger partial charge in [-0.15, -0.1) is 13.2 Å². The number of nitrogens with zero attached hydrogens (tertiary/aromatic N) is 1. The van der Waals surface area contributed by atoms with Crippen molar-refractivity contribution in [2.75, 3.05) is 0 Å². The zero-order valence-corrected chi connectivity index (χ0v) is 17.2. The lowest BCUT2D eigenvalue weighted by Crippen LogP contribution is -2.16. The van der Waals surface area contributed by atoms with Gasteiger partial charge >= 0.3 is 6.36 Å². The van der Waals surface area contributed by atoms with Crippen molar-refractivity contribution < 1.29 is 26.7 Å². The fourth-order valence-electron chi connectivity index (χ4n) is 4.06. The lowest BCUT2D eigenvalue weighted by atomic mass is 9.89. The minimum atomic E-state index is -4.73. The molecule has 0 aliphatic carbocycles. The summed E-state index contributed by atoms with van der Waals surface area (Å²) in [5.74, 6) is -1.40. The summed E-state index contributed by atoms with van der Waals surface area (Å²) in [6, 6.07) is 16.7. The van der Waals surface area contributed by atoms with E-state index in [1.54, 1.807) is 12.1 Å². The maximum Gasteiger partial charge on any atom is 0.573 e. The van der Waals surface area contributed by atoms with Gasteiger partial charge in [0, 0.05) is 5.71 Å². The molecule has 0 saturated heterocycles. The van der Waals surface area contributed by atoms with Crippen LogP contribution in [-0.2, 0) is 0 Å². The second-order valence-electron chi connectivity index (χ2n) is 7.68. The molecule has 166 valence electrons. The summed E-state index contributed by atoms with van der Waals surface area (Å²) >= 11 is 0. The normalized spacial score (nSPS) is 18.5. The first-order valence-corrected chi connectivity index (χ1v) is 10.2. The molecule has 0 aromatic heterocycles. The Morgan fingerprint density at radius 1 is 0.875 bits per heavy atom. The predicted molar refractivity (Wildman–Crippen MR) is 113 cm³/mol. The van der Waals surface area contributed by atoms with Gasteiger partial charge in [-0.2, -0.15) is 0 Å². The van der Waals surface area contributed by atoms with Crippen molar-refractivity contribution >= 4 is 5.71 Å². The van der Waals surface area contributed by atoms with Crippen LogP contribution in [-0.4, -0.2) is 12.1 Å². The van der Waals surface area contributed by atoms with Crippen molar-refractivity contribution in [2.24, 2.45) is 10.9 Å². The molecule has 0 radical (unpaired) electrons. The number of benzene rings is 3. The number of ether oxygens (including phenoxy) is 1. The molecule has 1 aliphatic rings. The van der Waals surface area contributed by atoms with Crippen LogP contribution in [0.1, 0.15) is 36.9 Å². The molecule has 0 N–H and O–H groups in total. The number of hydrogen-bond donors (Lipinski definition) is 0. The average molecular weight is 445 g/mol. The Kier molecular flexibility index (Phi) is 6.00. The van der Waals surface area contributed by atoms with Crippen molar-refractivity contribution in [3.63, 3.8) is 0 Å². The topological polar surface area (TPSA) is 21.6 Å². The van der Waals surface area contributed by atoms with E-state index in [0.717, 1.165) is 23.1 Å². The van der Waals surface area contributed by atoms with Crippen molar-refractivity contribution in [3.8, 4) is 16.9 Å².